The van der Waals surface area contributed by atoms with Crippen LogP contribution in [0.4, 0.5) is 13.2 Å². The van der Waals surface area contributed by atoms with Gasteiger partial charge in [0.15, 0.2) is 5.69 Å². The second-order valence-electron chi connectivity index (χ2n) is 3.51. The van der Waals surface area contributed by atoms with Crippen LogP contribution in [0.2, 0.25) is 0 Å². The van der Waals surface area contributed by atoms with Crippen LogP contribution in [0.25, 0.3) is 5.00 Å². The molecule has 0 spiro atoms. The maximum atomic E-state index is 12.8. The van der Waals surface area contributed by atoms with Crippen LogP contribution in [0.3, 0.4) is 0 Å². The van der Waals surface area contributed by atoms with Crippen LogP contribution in [0.1, 0.15) is 23.0 Å². The van der Waals surface area contributed by atoms with Crippen molar-refractivity contribution >= 4 is 17.3 Å². The molecule has 0 saturated heterocycles. The molecule has 2 rings (SSSR count). The maximum absolute atomic E-state index is 12.8. The lowest BCUT2D eigenvalue weighted by Gasteiger charge is -2.04. The molecule has 0 aliphatic heterocycles. The highest BCUT2D eigenvalue weighted by atomic mass is 32.1. The van der Waals surface area contributed by atoms with Gasteiger partial charge in [0.05, 0.1) is 6.61 Å². The Morgan fingerprint density at radius 3 is 2.79 bits per heavy atom. The first kappa shape index (κ1) is 13.6. The topological polar surface area (TPSA) is 44.1 Å². The number of aromatic nitrogens is 2. The number of carbonyl (C=O) groups excluding carboxylic acids is 1. The molecule has 0 N–H and O–H groups in total. The molecule has 102 valence electrons. The first-order chi connectivity index (χ1) is 8.93. The van der Waals surface area contributed by atoms with Crippen molar-refractivity contribution in [2.75, 3.05) is 6.61 Å². The molecule has 8 heteroatoms. The molecule has 0 saturated carbocycles. The number of alkyl halides is 3. The third kappa shape index (κ3) is 2.78. The minimum atomic E-state index is -4.70. The molecule has 0 radical (unpaired) electrons. The van der Waals surface area contributed by atoms with E-state index in [9.17, 15) is 18.0 Å². The number of thiophene rings is 1. The zero-order valence-electron chi connectivity index (χ0n) is 9.77. The molecule has 0 aliphatic rings. The molecule has 0 fully saturated rings. The summed E-state index contributed by atoms with van der Waals surface area (Å²) >= 11 is 1.21. The largest absolute Gasteiger partial charge is 0.462 e. The van der Waals surface area contributed by atoms with Gasteiger partial charge in [0.1, 0.15) is 10.6 Å². The smallest absolute Gasteiger partial charge is 0.436 e. The fourth-order valence-corrected chi connectivity index (χ4v) is 2.11. The van der Waals surface area contributed by atoms with Crippen molar-refractivity contribution in [1.82, 2.24) is 9.78 Å². The minimum Gasteiger partial charge on any atom is -0.462 e. The van der Waals surface area contributed by atoms with Crippen LogP contribution >= 0.6 is 11.3 Å². The molecule has 0 unspecified atom stereocenters. The lowest BCUT2D eigenvalue weighted by molar-refractivity contribution is -0.141. The van der Waals surface area contributed by atoms with Crippen LogP contribution < -0.4 is 0 Å². The van der Waals surface area contributed by atoms with E-state index >= 15 is 0 Å². The number of rotatable bonds is 3. The van der Waals surface area contributed by atoms with Gasteiger partial charge in [-0.3, -0.25) is 0 Å². The average Bonchev–Trinajstić information content (AvgIpc) is 2.97. The summed E-state index contributed by atoms with van der Waals surface area (Å²) in [6, 6.07) is 3.28. The van der Waals surface area contributed by atoms with Gasteiger partial charge in [-0.15, -0.1) is 11.3 Å². The van der Waals surface area contributed by atoms with Gasteiger partial charge in [-0.05, 0) is 24.4 Å². The highest BCUT2D eigenvalue weighted by Gasteiger charge is 2.39. The Morgan fingerprint density at radius 1 is 1.53 bits per heavy atom. The molecule has 0 aliphatic carbocycles. The van der Waals surface area contributed by atoms with Crippen LogP contribution in [0.15, 0.2) is 23.7 Å². The summed E-state index contributed by atoms with van der Waals surface area (Å²) in [5.41, 5.74) is -1.82. The summed E-state index contributed by atoms with van der Waals surface area (Å²) in [5, 5.41) is 5.62. The van der Waals surface area contributed by atoms with E-state index in [0.29, 0.717) is 5.00 Å². The van der Waals surface area contributed by atoms with E-state index in [0.717, 1.165) is 10.9 Å². The highest BCUT2D eigenvalue weighted by Crippen LogP contribution is 2.32. The summed E-state index contributed by atoms with van der Waals surface area (Å²) in [6.07, 6.45) is -3.67. The molecule has 2 aromatic rings. The van der Waals surface area contributed by atoms with E-state index in [4.69, 9.17) is 0 Å². The SMILES string of the molecule is CCOC(=O)c1cn(-c2cccs2)nc1C(F)(F)F. The average molecular weight is 290 g/mol. The fourth-order valence-electron chi connectivity index (χ4n) is 1.45. The monoisotopic (exact) mass is 290 g/mol. The summed E-state index contributed by atoms with van der Waals surface area (Å²) in [5.74, 6) is -1.03. The lowest BCUT2D eigenvalue weighted by atomic mass is 10.2. The molecule has 0 bridgehead atoms. The molecule has 0 atom stereocenters. The van der Waals surface area contributed by atoms with Crippen LogP contribution in [0.5, 0.6) is 0 Å². The second-order valence-corrected chi connectivity index (χ2v) is 4.43. The number of nitrogens with zero attached hydrogens (tertiary/aromatic N) is 2. The van der Waals surface area contributed by atoms with Gasteiger partial charge in [0.25, 0.3) is 0 Å². The predicted octanol–water partition coefficient (Wildman–Crippen LogP) is 3.13. The van der Waals surface area contributed by atoms with Gasteiger partial charge in [-0.1, -0.05) is 0 Å². The van der Waals surface area contributed by atoms with Gasteiger partial charge < -0.3 is 4.74 Å². The Bertz CT molecular complexity index is 575. The lowest BCUT2D eigenvalue weighted by Crippen LogP contribution is -2.14. The van der Waals surface area contributed by atoms with Gasteiger partial charge in [0.2, 0.25) is 0 Å². The molecule has 2 aromatic heterocycles. The third-order valence-electron chi connectivity index (χ3n) is 2.21. The normalized spacial score (nSPS) is 11.6. The molecule has 0 amide bonds. The number of hydrogen-bond donors (Lipinski definition) is 0. The van der Waals surface area contributed by atoms with E-state index < -0.39 is 23.4 Å². The van der Waals surface area contributed by atoms with Crippen molar-refractivity contribution in [3.05, 3.63) is 35.0 Å². The van der Waals surface area contributed by atoms with Gasteiger partial charge in [-0.2, -0.15) is 18.3 Å². The predicted molar refractivity (Wildman–Crippen MR) is 62.4 cm³/mol. The van der Waals surface area contributed by atoms with Crippen molar-refractivity contribution in [3.8, 4) is 5.00 Å². The second kappa shape index (κ2) is 5.04. The number of esters is 1. The standard InChI is InChI=1S/C11H9F3N2O2S/c1-2-18-10(17)7-6-16(8-4-3-5-19-8)15-9(7)11(12,13)14/h3-6H,2H2,1H3. The molecule has 4 nitrogen and oxygen atoms in total. The van der Waals surface area contributed by atoms with Gasteiger partial charge in [0, 0.05) is 6.20 Å². The number of ether oxygens (including phenoxy) is 1. The van der Waals surface area contributed by atoms with Crippen molar-refractivity contribution in [1.29, 1.82) is 0 Å². The maximum Gasteiger partial charge on any atom is 0.436 e. The highest BCUT2D eigenvalue weighted by molar-refractivity contribution is 7.12. The molecular weight excluding hydrogens is 281 g/mol. The molecule has 2 heterocycles. The zero-order chi connectivity index (χ0) is 14.0. The van der Waals surface area contributed by atoms with E-state index in [1.165, 1.54) is 18.3 Å². The van der Waals surface area contributed by atoms with Crippen LogP contribution in [-0.2, 0) is 10.9 Å². The van der Waals surface area contributed by atoms with Gasteiger partial charge in [-0.25, -0.2) is 9.48 Å². The Balaban J connectivity index is 2.49. The summed E-state index contributed by atoms with van der Waals surface area (Å²) < 4.78 is 44.1. The number of carbonyl (C=O) groups is 1. The number of halogens is 3. The Kier molecular flexibility index (Phi) is 3.61. The Hall–Kier alpha value is -1.83. The van der Waals surface area contributed by atoms with Crippen LogP contribution in [-0.4, -0.2) is 22.4 Å². The van der Waals surface area contributed by atoms with E-state index in [-0.39, 0.29) is 6.61 Å². The Labute approximate surface area is 110 Å². The van der Waals surface area contributed by atoms with Gasteiger partial charge >= 0.3 is 12.1 Å². The van der Waals surface area contributed by atoms with E-state index in [1.54, 1.807) is 17.5 Å². The number of hydrogen-bond acceptors (Lipinski definition) is 4. The fraction of sp³-hybridized carbons (Fsp3) is 0.273. The summed E-state index contributed by atoms with van der Waals surface area (Å²) in [7, 11) is 0. The molecule has 19 heavy (non-hydrogen) atoms. The van der Waals surface area contributed by atoms with Crippen molar-refractivity contribution in [2.24, 2.45) is 0 Å². The summed E-state index contributed by atoms with van der Waals surface area (Å²) in [4.78, 5) is 11.5. The van der Waals surface area contributed by atoms with Crippen molar-refractivity contribution in [3.63, 3.8) is 0 Å². The first-order valence-corrected chi connectivity index (χ1v) is 6.19. The van der Waals surface area contributed by atoms with Crippen LogP contribution in [0, 0.1) is 0 Å². The minimum absolute atomic E-state index is 0.000310. The quantitative estimate of drug-likeness (QED) is 0.816. The molecular formula is C11H9F3N2O2S. The Morgan fingerprint density at radius 2 is 2.26 bits per heavy atom. The van der Waals surface area contributed by atoms with Crippen molar-refractivity contribution < 1.29 is 22.7 Å². The zero-order valence-corrected chi connectivity index (χ0v) is 10.6. The third-order valence-corrected chi connectivity index (χ3v) is 3.07. The van der Waals surface area contributed by atoms with E-state index in [1.807, 2.05) is 0 Å². The first-order valence-electron chi connectivity index (χ1n) is 5.31. The van der Waals surface area contributed by atoms with E-state index in [2.05, 4.69) is 9.84 Å². The molecule has 0 aromatic carbocycles. The van der Waals surface area contributed by atoms with Crippen molar-refractivity contribution in [2.45, 2.75) is 13.1 Å². The summed E-state index contributed by atoms with van der Waals surface area (Å²) in [6.45, 7) is 1.52.